The molecule has 0 amide bonds. The normalized spacial score (nSPS) is 11.9. The van der Waals surface area contributed by atoms with E-state index in [2.05, 4.69) is 11.5 Å². The van der Waals surface area contributed by atoms with Crippen LogP contribution < -0.4 is 0 Å². The minimum atomic E-state index is -0.745. The van der Waals surface area contributed by atoms with Gasteiger partial charge in [-0.1, -0.05) is 41.5 Å². The molecule has 2 N–H and O–H groups in total. The van der Waals surface area contributed by atoms with Crippen molar-refractivity contribution >= 4 is 33.5 Å². The Morgan fingerprint density at radius 1 is 1.20 bits per heavy atom. The topological polar surface area (TPSA) is 74.6 Å². The van der Waals surface area contributed by atoms with Crippen LogP contribution in [-0.2, 0) is 9.59 Å². The van der Waals surface area contributed by atoms with Gasteiger partial charge in [0.05, 0.1) is 0 Å². The van der Waals surface area contributed by atoms with E-state index in [1.54, 1.807) is 13.8 Å². The summed E-state index contributed by atoms with van der Waals surface area (Å²) in [6.45, 7) is 3.20. The highest BCUT2D eigenvalue weighted by atomic mass is 33.1. The van der Waals surface area contributed by atoms with Gasteiger partial charge in [-0.3, -0.25) is 9.59 Å². The number of hydrogen-bond acceptors (Lipinski definition) is 4. The molecule has 0 saturated heterocycles. The van der Waals surface area contributed by atoms with E-state index in [4.69, 9.17) is 10.2 Å². The van der Waals surface area contributed by atoms with Crippen LogP contribution >= 0.6 is 21.6 Å². The van der Waals surface area contributed by atoms with E-state index in [0.29, 0.717) is 0 Å². The van der Waals surface area contributed by atoms with Gasteiger partial charge in [-0.25, -0.2) is 0 Å². The predicted octanol–water partition coefficient (Wildman–Crippen LogP) is 2.86. The Hall–Kier alpha value is -0.620. The molecule has 0 aromatic heterocycles. The summed E-state index contributed by atoms with van der Waals surface area (Å²) < 4.78 is 0. The van der Waals surface area contributed by atoms with E-state index < -0.39 is 11.9 Å². The molecule has 0 saturated carbocycles. The maximum Gasteiger partial charge on any atom is 0.303 e. The van der Waals surface area contributed by atoms with Gasteiger partial charge in [0.15, 0.2) is 0 Å². The lowest BCUT2D eigenvalue weighted by Crippen LogP contribution is -1.86. The summed E-state index contributed by atoms with van der Waals surface area (Å²) in [6.07, 6.45) is 2.61. The number of carboxylic acids is 2. The van der Waals surface area contributed by atoms with E-state index in [1.807, 2.05) is 21.6 Å². The molecule has 4 nitrogen and oxygen atoms in total. The van der Waals surface area contributed by atoms with E-state index >= 15 is 0 Å². The second kappa shape index (κ2) is 13.4. The number of carbonyl (C=O) groups is 2. The van der Waals surface area contributed by atoms with E-state index in [-0.39, 0.29) is 12.8 Å². The summed E-state index contributed by atoms with van der Waals surface area (Å²) in [5, 5.41) is 17.6. The fourth-order valence-electron chi connectivity index (χ4n) is 0.196. The Bertz CT molecular complexity index is 184. The first-order chi connectivity index (χ1) is 7.04. The molecular formula is C9H16O4S2. The number of carboxylic acid groups (broad SMARTS) is 2. The van der Waals surface area contributed by atoms with Gasteiger partial charge in [0.25, 0.3) is 0 Å². The maximum atomic E-state index is 9.37. The molecular weight excluding hydrogens is 236 g/mol. The molecule has 0 spiro atoms. The van der Waals surface area contributed by atoms with Crippen LogP contribution in [0, 0.1) is 0 Å². The quantitative estimate of drug-likeness (QED) is 0.736. The lowest BCUT2D eigenvalue weighted by Gasteiger charge is -1.71. The van der Waals surface area contributed by atoms with Gasteiger partial charge in [0.1, 0.15) is 0 Å². The molecule has 1 aliphatic rings. The van der Waals surface area contributed by atoms with Crippen LogP contribution in [0.25, 0.3) is 0 Å². The minimum absolute atomic E-state index is 0.222. The van der Waals surface area contributed by atoms with Gasteiger partial charge in [0.2, 0.25) is 0 Å². The molecule has 0 bridgehead atoms. The molecule has 0 aliphatic carbocycles. The van der Waals surface area contributed by atoms with Crippen molar-refractivity contribution in [2.24, 2.45) is 0 Å². The first kappa shape index (κ1) is 16.8. The predicted molar refractivity (Wildman–Crippen MR) is 65.0 cm³/mol. The highest BCUT2D eigenvalue weighted by molar-refractivity contribution is 8.78. The largest absolute Gasteiger partial charge is 0.481 e. The van der Waals surface area contributed by atoms with Crippen molar-refractivity contribution in [3.8, 4) is 0 Å². The van der Waals surface area contributed by atoms with Crippen LogP contribution in [0.3, 0.4) is 0 Å². The van der Waals surface area contributed by atoms with Crippen LogP contribution in [0.1, 0.15) is 26.7 Å². The zero-order valence-electron chi connectivity index (χ0n) is 8.80. The van der Waals surface area contributed by atoms with Crippen molar-refractivity contribution in [3.63, 3.8) is 0 Å². The molecule has 0 atom stereocenters. The van der Waals surface area contributed by atoms with Crippen molar-refractivity contribution in [1.29, 1.82) is 0 Å². The summed E-state index contributed by atoms with van der Waals surface area (Å²) >= 11 is 0. The summed E-state index contributed by atoms with van der Waals surface area (Å²) in [5.74, 6) is -0.292. The van der Waals surface area contributed by atoms with Gasteiger partial charge in [-0.05, 0) is 5.41 Å². The van der Waals surface area contributed by atoms with Crippen LogP contribution in [-0.4, -0.2) is 27.9 Å². The van der Waals surface area contributed by atoms with Crippen LogP contribution in [0.4, 0.5) is 0 Å². The zero-order chi connectivity index (χ0) is 12.1. The Kier molecular flexibility index (Phi) is 15.0. The molecule has 0 aromatic carbocycles. The monoisotopic (exact) mass is 252 g/mol. The van der Waals surface area contributed by atoms with Gasteiger partial charge in [0, 0.05) is 18.6 Å². The Morgan fingerprint density at radius 3 is 1.67 bits per heavy atom. The Labute approximate surface area is 97.5 Å². The molecule has 1 heterocycles. The third-order valence-electron chi connectivity index (χ3n) is 0.989. The lowest BCUT2D eigenvalue weighted by atomic mass is 10.5. The average Bonchev–Trinajstić information content (AvgIpc) is 2.76. The van der Waals surface area contributed by atoms with E-state index in [0.717, 1.165) is 0 Å². The molecule has 15 heavy (non-hydrogen) atoms. The van der Waals surface area contributed by atoms with E-state index in [1.165, 1.54) is 5.75 Å². The molecule has 0 fully saturated rings. The van der Waals surface area contributed by atoms with Crippen molar-refractivity contribution in [2.75, 3.05) is 5.75 Å². The summed E-state index contributed by atoms with van der Waals surface area (Å²) in [5.41, 5.74) is 0. The molecule has 1 rings (SSSR count). The van der Waals surface area contributed by atoms with Gasteiger partial charge in [-0.2, -0.15) is 0 Å². The second-order valence-corrected chi connectivity index (χ2v) is 4.57. The van der Waals surface area contributed by atoms with Crippen molar-refractivity contribution in [3.05, 3.63) is 11.5 Å². The fourth-order valence-corrected chi connectivity index (χ4v) is 1.77. The van der Waals surface area contributed by atoms with Crippen molar-refractivity contribution in [1.82, 2.24) is 0 Å². The maximum absolute atomic E-state index is 9.37. The zero-order valence-corrected chi connectivity index (χ0v) is 10.4. The Balaban J connectivity index is 0. The second-order valence-electron chi connectivity index (χ2n) is 2.25. The third kappa shape index (κ3) is 24.7. The standard InChI is InChI=1S/2C3H6O2.C3H4S2/c2*1-2-3(4)5;1-2-4-5-3-1/h2*2H2,1H3,(H,4,5);1-2H,3H2. The van der Waals surface area contributed by atoms with Crippen molar-refractivity contribution in [2.45, 2.75) is 26.7 Å². The van der Waals surface area contributed by atoms with Crippen LogP contribution in [0.5, 0.6) is 0 Å². The molecule has 88 valence electrons. The molecule has 0 radical (unpaired) electrons. The van der Waals surface area contributed by atoms with E-state index in [9.17, 15) is 9.59 Å². The highest BCUT2D eigenvalue weighted by Crippen LogP contribution is 2.27. The first-order valence-electron chi connectivity index (χ1n) is 4.41. The van der Waals surface area contributed by atoms with Crippen LogP contribution in [0.2, 0.25) is 0 Å². The highest BCUT2D eigenvalue weighted by Gasteiger charge is 1.86. The molecule has 0 unspecified atom stereocenters. The lowest BCUT2D eigenvalue weighted by molar-refractivity contribution is -0.137. The average molecular weight is 252 g/mol. The smallest absolute Gasteiger partial charge is 0.303 e. The number of aliphatic carboxylic acids is 2. The third-order valence-corrected chi connectivity index (χ3v) is 2.91. The summed E-state index contributed by atoms with van der Waals surface area (Å²) in [7, 11) is 3.69. The minimum Gasteiger partial charge on any atom is -0.481 e. The number of hydrogen-bond donors (Lipinski definition) is 2. The van der Waals surface area contributed by atoms with Crippen LogP contribution in [0.15, 0.2) is 11.5 Å². The van der Waals surface area contributed by atoms with Gasteiger partial charge >= 0.3 is 11.9 Å². The SMILES string of the molecule is C1=CSSC1.CCC(=O)O.CCC(=O)O. The summed E-state index contributed by atoms with van der Waals surface area (Å²) in [4.78, 5) is 18.7. The van der Waals surface area contributed by atoms with Crippen molar-refractivity contribution < 1.29 is 19.8 Å². The fraction of sp³-hybridized carbons (Fsp3) is 0.556. The molecule has 1 aliphatic heterocycles. The molecule has 0 aromatic rings. The summed E-state index contributed by atoms with van der Waals surface area (Å²) in [6, 6.07) is 0. The van der Waals surface area contributed by atoms with Gasteiger partial charge in [-0.15, -0.1) is 0 Å². The molecule has 6 heteroatoms. The van der Waals surface area contributed by atoms with Gasteiger partial charge < -0.3 is 10.2 Å². The first-order valence-corrected chi connectivity index (χ1v) is 6.79. The number of rotatable bonds is 2. The Morgan fingerprint density at radius 2 is 1.60 bits per heavy atom.